The van der Waals surface area contributed by atoms with E-state index in [2.05, 4.69) is 85.2 Å². The Kier molecular flexibility index (Phi) is 6.88. The van der Waals surface area contributed by atoms with Gasteiger partial charge in [0.05, 0.1) is 15.3 Å². The quantitative estimate of drug-likeness (QED) is 0.403. The van der Waals surface area contributed by atoms with Crippen LogP contribution in [0.4, 0.5) is 0 Å². The van der Waals surface area contributed by atoms with Crippen LogP contribution in [0, 0.1) is 0 Å². The lowest BCUT2D eigenvalue weighted by Gasteiger charge is -2.43. The zero-order chi connectivity index (χ0) is 25.8. The molecule has 2 saturated heterocycles. The van der Waals surface area contributed by atoms with Gasteiger partial charge in [0.1, 0.15) is 18.3 Å². The molecule has 0 unspecified atom stereocenters. The van der Waals surface area contributed by atoms with Gasteiger partial charge in [0, 0.05) is 0 Å². The Hall–Kier alpha value is -1.36. The second-order valence-electron chi connectivity index (χ2n) is 11.0. The molecule has 0 aliphatic carbocycles. The molecule has 0 bridgehead atoms. The number of benzene rings is 2. The summed E-state index contributed by atoms with van der Waals surface area (Å²) in [4.78, 5) is 0.679. The largest absolute Gasteiger partial charge is 0.405 e. The third-order valence-electron chi connectivity index (χ3n) is 7.02. The van der Waals surface area contributed by atoms with Crippen molar-refractivity contribution in [1.29, 1.82) is 0 Å². The normalized spacial score (nSPS) is 27.8. The fourth-order valence-corrected chi connectivity index (χ4v) is 11.5. The van der Waals surface area contributed by atoms with Crippen molar-refractivity contribution in [1.82, 2.24) is 0 Å². The Morgan fingerprint density at radius 2 is 1.50 bits per heavy atom. The molecule has 5 nitrogen and oxygen atoms in total. The lowest BCUT2D eigenvalue weighted by atomic mass is 10.0. The first-order chi connectivity index (χ1) is 17.0. The molecular formula is C28H33BrO5SSi. The van der Waals surface area contributed by atoms with E-state index in [1.54, 1.807) is 0 Å². The number of aliphatic hydroxyl groups is 1. The molecule has 1 aromatic heterocycles. The Labute approximate surface area is 226 Å². The number of hydrogen-bond acceptors (Lipinski definition) is 6. The van der Waals surface area contributed by atoms with Gasteiger partial charge >= 0.3 is 0 Å². The summed E-state index contributed by atoms with van der Waals surface area (Å²) in [5, 5.41) is 14.0. The highest BCUT2D eigenvalue weighted by molar-refractivity contribution is 9.11. The molecular weight excluding hydrogens is 556 g/mol. The molecule has 2 aromatic carbocycles. The highest BCUT2D eigenvalue weighted by atomic mass is 79.9. The average molecular weight is 590 g/mol. The van der Waals surface area contributed by atoms with Crippen LogP contribution in [0.2, 0.25) is 5.04 Å². The first-order valence-corrected chi connectivity index (χ1v) is 15.7. The summed E-state index contributed by atoms with van der Waals surface area (Å²) >= 11 is 4.94. The molecule has 0 spiro atoms. The number of rotatable bonds is 6. The first-order valence-electron chi connectivity index (χ1n) is 12.2. The maximum absolute atomic E-state index is 11.8. The number of fused-ring (bicyclic) bond motifs is 1. The van der Waals surface area contributed by atoms with E-state index in [1.165, 1.54) is 21.7 Å². The zero-order valence-corrected chi connectivity index (χ0v) is 24.6. The zero-order valence-electron chi connectivity index (χ0n) is 21.2. The predicted molar refractivity (Wildman–Crippen MR) is 148 cm³/mol. The van der Waals surface area contributed by atoms with Crippen molar-refractivity contribution in [2.75, 3.05) is 6.61 Å². The van der Waals surface area contributed by atoms with Crippen molar-refractivity contribution in [2.24, 2.45) is 0 Å². The minimum atomic E-state index is -2.78. The molecule has 1 N–H and O–H groups in total. The summed E-state index contributed by atoms with van der Waals surface area (Å²) in [6, 6.07) is 24.8. The Balaban J connectivity index is 1.53. The number of thiophene rings is 1. The van der Waals surface area contributed by atoms with E-state index in [0.717, 1.165) is 3.79 Å². The van der Waals surface area contributed by atoms with Crippen molar-refractivity contribution in [2.45, 2.75) is 69.5 Å². The summed E-state index contributed by atoms with van der Waals surface area (Å²) < 4.78 is 26.9. The minimum Gasteiger partial charge on any atom is -0.405 e. The van der Waals surface area contributed by atoms with Gasteiger partial charge in [0.15, 0.2) is 5.79 Å². The van der Waals surface area contributed by atoms with Gasteiger partial charge in [-0.2, -0.15) is 0 Å². The van der Waals surface area contributed by atoms with Gasteiger partial charge < -0.3 is 23.7 Å². The molecule has 0 saturated carbocycles. The maximum atomic E-state index is 11.8. The van der Waals surface area contributed by atoms with Crippen LogP contribution in [0.25, 0.3) is 0 Å². The van der Waals surface area contributed by atoms with Crippen molar-refractivity contribution in [3.8, 4) is 0 Å². The van der Waals surface area contributed by atoms with Gasteiger partial charge in [-0.15, -0.1) is 11.3 Å². The smallest absolute Gasteiger partial charge is 0.261 e. The van der Waals surface area contributed by atoms with Crippen LogP contribution < -0.4 is 10.4 Å². The highest BCUT2D eigenvalue weighted by Crippen LogP contribution is 2.50. The van der Waals surface area contributed by atoms with E-state index in [9.17, 15) is 5.11 Å². The van der Waals surface area contributed by atoms with Crippen LogP contribution in [-0.2, 0) is 24.4 Å². The number of hydrogen-bond donors (Lipinski definition) is 1. The second kappa shape index (κ2) is 9.43. The summed E-state index contributed by atoms with van der Waals surface area (Å²) in [5.74, 6) is -2.45. The summed E-state index contributed by atoms with van der Waals surface area (Å²) in [5.41, 5.74) is 0. The van der Waals surface area contributed by atoms with Crippen LogP contribution in [0.15, 0.2) is 76.6 Å². The third kappa shape index (κ3) is 4.45. The molecule has 192 valence electrons. The van der Waals surface area contributed by atoms with Crippen molar-refractivity contribution in [3.05, 3.63) is 81.5 Å². The van der Waals surface area contributed by atoms with E-state index in [0.29, 0.717) is 4.88 Å². The maximum Gasteiger partial charge on any atom is 0.261 e. The van der Waals surface area contributed by atoms with E-state index >= 15 is 0 Å². The monoisotopic (exact) mass is 588 g/mol. The van der Waals surface area contributed by atoms with Gasteiger partial charge in [-0.1, -0.05) is 81.4 Å². The molecule has 8 heteroatoms. The van der Waals surface area contributed by atoms with Crippen molar-refractivity contribution >= 4 is 46.0 Å². The summed E-state index contributed by atoms with van der Waals surface area (Å²) in [7, 11) is -2.78. The predicted octanol–water partition coefficient (Wildman–Crippen LogP) is 5.15. The van der Waals surface area contributed by atoms with Gasteiger partial charge in [0.2, 0.25) is 5.79 Å². The van der Waals surface area contributed by atoms with E-state index < -0.39 is 38.2 Å². The van der Waals surface area contributed by atoms with Crippen LogP contribution in [-0.4, -0.2) is 44.1 Å². The fraction of sp³-hybridized carbons (Fsp3) is 0.429. The molecule has 36 heavy (non-hydrogen) atoms. The molecule has 3 heterocycles. The lowest BCUT2D eigenvalue weighted by molar-refractivity contribution is -0.281. The standard InChI is InChI=1S/C28H33BrO5SSi/c1-26(2,3)36(19-12-8-6-9-13-19,20-14-10-7-11-15-20)31-18-21-24-25(34-27(4,5)33-24)28(30,32-21)22-16-17-23(29)35-22/h6-17,21,24-25,30H,18H2,1-5H3/t21-,24-,25-,28+/m1/s1. The van der Waals surface area contributed by atoms with E-state index in [4.69, 9.17) is 18.6 Å². The van der Waals surface area contributed by atoms with Crippen LogP contribution in [0.1, 0.15) is 39.5 Å². The third-order valence-corrected chi connectivity index (χ3v) is 13.8. The van der Waals surface area contributed by atoms with Gasteiger partial charge in [-0.05, 0) is 57.3 Å². The Bertz CT molecular complexity index is 1160. The van der Waals surface area contributed by atoms with Crippen LogP contribution in [0.3, 0.4) is 0 Å². The topological polar surface area (TPSA) is 57.2 Å². The Morgan fingerprint density at radius 1 is 0.917 bits per heavy atom. The Morgan fingerprint density at radius 3 is 2.00 bits per heavy atom. The van der Waals surface area contributed by atoms with E-state index in [1.807, 2.05) is 38.1 Å². The molecule has 5 rings (SSSR count). The van der Waals surface area contributed by atoms with Crippen molar-refractivity contribution < 1.29 is 23.7 Å². The van der Waals surface area contributed by atoms with Crippen LogP contribution in [0.5, 0.6) is 0 Å². The van der Waals surface area contributed by atoms with Crippen molar-refractivity contribution in [3.63, 3.8) is 0 Å². The molecule has 2 fully saturated rings. The molecule has 2 aliphatic heterocycles. The molecule has 0 amide bonds. The second-order valence-corrected chi connectivity index (χ2v) is 17.7. The summed E-state index contributed by atoms with van der Waals surface area (Å²) in [6.07, 6.45) is -1.64. The fourth-order valence-electron chi connectivity index (χ4n) is 5.53. The van der Waals surface area contributed by atoms with Gasteiger partial charge in [0.25, 0.3) is 8.32 Å². The summed E-state index contributed by atoms with van der Waals surface area (Å²) in [6.45, 7) is 10.7. The number of halogens is 1. The molecule has 4 atom stereocenters. The van der Waals surface area contributed by atoms with E-state index in [-0.39, 0.29) is 11.6 Å². The first kappa shape index (κ1) is 26.3. The number of ether oxygens (including phenoxy) is 3. The lowest BCUT2D eigenvalue weighted by Crippen LogP contribution is -2.67. The van der Waals surface area contributed by atoms with Gasteiger partial charge in [-0.3, -0.25) is 0 Å². The molecule has 0 radical (unpaired) electrons. The molecule has 3 aromatic rings. The highest BCUT2D eigenvalue weighted by Gasteiger charge is 2.64. The van der Waals surface area contributed by atoms with Gasteiger partial charge in [-0.25, -0.2) is 0 Å². The average Bonchev–Trinajstić information content (AvgIpc) is 3.48. The SMILES string of the molecule is CC1(C)O[C@H]2[C@@H](O1)[C@](O)(c1ccc(Br)s1)O[C@@H]2CO[Si](c1ccccc1)(c1ccccc1)C(C)(C)C. The molecule has 2 aliphatic rings. The minimum absolute atomic E-state index is 0.172. The van der Waals surface area contributed by atoms with Crippen LogP contribution >= 0.6 is 27.3 Å².